The minimum atomic E-state index is -1.23. The van der Waals surface area contributed by atoms with Crippen molar-refractivity contribution in [2.75, 3.05) is 0 Å². The van der Waals surface area contributed by atoms with Gasteiger partial charge in [0.25, 0.3) is 0 Å². The van der Waals surface area contributed by atoms with E-state index >= 15 is 0 Å². The van der Waals surface area contributed by atoms with E-state index < -0.39 is 5.97 Å². The molecular weight excluding hydrogens is 166 g/mol. The van der Waals surface area contributed by atoms with Crippen LogP contribution in [-0.2, 0) is 11.3 Å². The number of nitrogens with zero attached hydrogens (tertiary/aromatic N) is 2. The van der Waals surface area contributed by atoms with Crippen LogP contribution in [0.1, 0.15) is 5.01 Å². The van der Waals surface area contributed by atoms with Gasteiger partial charge in [-0.05, 0) is 6.92 Å². The predicted octanol–water partition coefficient (Wildman–Crippen LogP) is -1.52. The maximum atomic E-state index is 10.1. The highest BCUT2D eigenvalue weighted by Crippen LogP contribution is 1.93. The Hall–Kier alpha value is -1.17. The van der Waals surface area contributed by atoms with Gasteiger partial charge in [0.2, 0.25) is 4.80 Å². The monoisotopic (exact) mass is 172 g/mol. The van der Waals surface area contributed by atoms with Gasteiger partial charge < -0.3 is 9.90 Å². The summed E-state index contributed by atoms with van der Waals surface area (Å²) in [6.45, 7) is 1.37. The highest BCUT2D eigenvalue weighted by molar-refractivity contribution is 7.08. The molecule has 0 aliphatic heterocycles. The number of aryl methyl sites for hydroxylation is 1. The molecule has 6 heteroatoms. The number of carbonyl (C=O) groups excluding carboxylic acids is 1. The van der Waals surface area contributed by atoms with E-state index in [1.165, 1.54) is 0 Å². The third-order valence-electron chi connectivity index (χ3n) is 1.02. The van der Waals surface area contributed by atoms with Crippen molar-refractivity contribution >= 4 is 17.3 Å². The molecule has 0 aliphatic carbocycles. The van der Waals surface area contributed by atoms with Crippen LogP contribution in [-0.4, -0.2) is 15.7 Å². The molecule has 0 aliphatic rings. The molecule has 5 nitrogen and oxygen atoms in total. The maximum absolute atomic E-state index is 10.1. The molecule has 0 saturated heterocycles. The fraction of sp³-hybridized carbons (Fsp3) is 0.400. The number of carboxylic acids is 1. The zero-order chi connectivity index (χ0) is 8.43. The Morgan fingerprint density at radius 2 is 2.55 bits per heavy atom. The Kier molecular flexibility index (Phi) is 2.04. The summed E-state index contributed by atoms with van der Waals surface area (Å²) in [5.74, 6) is -1.23. The SMILES string of the molecule is Cc1nn(CC(=O)[O-])c(=N)s1. The molecule has 0 fully saturated rings. The average Bonchev–Trinajstić information content (AvgIpc) is 2.09. The molecular formula is C5H6N3O2S-. The number of aliphatic carboxylic acids is 1. The van der Waals surface area contributed by atoms with Crippen LogP contribution in [0.4, 0.5) is 0 Å². The first-order valence-electron chi connectivity index (χ1n) is 2.88. The molecule has 0 amide bonds. The Balaban J connectivity index is 2.95. The van der Waals surface area contributed by atoms with E-state index in [2.05, 4.69) is 5.10 Å². The van der Waals surface area contributed by atoms with Crippen LogP contribution in [0.2, 0.25) is 0 Å². The Bertz CT molecular complexity index is 327. The molecule has 1 N–H and O–H groups in total. The second-order valence-electron chi connectivity index (χ2n) is 1.96. The van der Waals surface area contributed by atoms with Gasteiger partial charge in [-0.25, -0.2) is 4.68 Å². The first-order valence-corrected chi connectivity index (χ1v) is 3.70. The van der Waals surface area contributed by atoms with Crippen LogP contribution >= 0.6 is 11.3 Å². The number of hydrogen-bond acceptors (Lipinski definition) is 5. The van der Waals surface area contributed by atoms with Crippen molar-refractivity contribution in [2.24, 2.45) is 0 Å². The molecule has 0 bridgehead atoms. The third-order valence-corrected chi connectivity index (χ3v) is 1.80. The summed E-state index contributed by atoms with van der Waals surface area (Å²) in [6, 6.07) is 0. The van der Waals surface area contributed by atoms with Gasteiger partial charge in [0.05, 0.1) is 12.5 Å². The second kappa shape index (κ2) is 2.83. The lowest BCUT2D eigenvalue weighted by atomic mass is 10.7. The summed E-state index contributed by atoms with van der Waals surface area (Å²) in [5, 5.41) is 21.7. The van der Waals surface area contributed by atoms with Crippen molar-refractivity contribution in [3.8, 4) is 0 Å². The molecule has 0 aromatic carbocycles. The van der Waals surface area contributed by atoms with E-state index in [1.807, 2.05) is 0 Å². The summed E-state index contributed by atoms with van der Waals surface area (Å²) in [4.78, 5) is 10.2. The number of hydrogen-bond donors (Lipinski definition) is 1. The smallest absolute Gasteiger partial charge is 0.200 e. The van der Waals surface area contributed by atoms with Gasteiger partial charge in [-0.1, -0.05) is 11.3 Å². The fourth-order valence-corrected chi connectivity index (χ4v) is 1.29. The highest BCUT2D eigenvalue weighted by atomic mass is 32.1. The largest absolute Gasteiger partial charge is 0.548 e. The topological polar surface area (TPSA) is 81.8 Å². The van der Waals surface area contributed by atoms with Crippen molar-refractivity contribution in [3.05, 3.63) is 9.81 Å². The summed E-state index contributed by atoms with van der Waals surface area (Å²) in [7, 11) is 0. The molecule has 1 heterocycles. The predicted molar refractivity (Wildman–Crippen MR) is 35.7 cm³/mol. The zero-order valence-electron chi connectivity index (χ0n) is 5.83. The van der Waals surface area contributed by atoms with Crippen LogP contribution in [0.3, 0.4) is 0 Å². The first-order chi connectivity index (χ1) is 5.09. The van der Waals surface area contributed by atoms with E-state index in [1.54, 1.807) is 6.92 Å². The van der Waals surface area contributed by atoms with Gasteiger partial charge in [0.1, 0.15) is 5.01 Å². The molecule has 0 atom stereocenters. The van der Waals surface area contributed by atoms with Crippen LogP contribution in [0, 0.1) is 12.3 Å². The van der Waals surface area contributed by atoms with Gasteiger partial charge >= 0.3 is 0 Å². The minimum absolute atomic E-state index is 0.131. The Morgan fingerprint density at radius 1 is 1.91 bits per heavy atom. The van der Waals surface area contributed by atoms with Gasteiger partial charge in [-0.2, -0.15) is 5.10 Å². The van der Waals surface area contributed by atoms with Crippen molar-refractivity contribution in [1.29, 1.82) is 5.41 Å². The van der Waals surface area contributed by atoms with E-state index in [0.717, 1.165) is 16.0 Å². The van der Waals surface area contributed by atoms with E-state index in [9.17, 15) is 9.90 Å². The maximum Gasteiger partial charge on any atom is 0.200 e. The molecule has 11 heavy (non-hydrogen) atoms. The summed E-state index contributed by atoms with van der Waals surface area (Å²) < 4.78 is 1.09. The van der Waals surface area contributed by atoms with Crippen LogP contribution in [0.25, 0.3) is 0 Å². The van der Waals surface area contributed by atoms with E-state index in [0.29, 0.717) is 5.01 Å². The lowest BCUT2D eigenvalue weighted by Crippen LogP contribution is -2.31. The minimum Gasteiger partial charge on any atom is -0.548 e. The quantitative estimate of drug-likeness (QED) is 0.588. The molecule has 60 valence electrons. The first kappa shape index (κ1) is 7.93. The van der Waals surface area contributed by atoms with Crippen molar-refractivity contribution in [1.82, 2.24) is 9.78 Å². The molecule has 0 spiro atoms. The zero-order valence-corrected chi connectivity index (χ0v) is 6.64. The molecule has 1 aromatic rings. The number of aromatic nitrogens is 2. The number of rotatable bonds is 2. The number of carbonyl (C=O) groups is 1. The Labute approximate surface area is 66.4 Å². The molecule has 1 aromatic heterocycles. The van der Waals surface area contributed by atoms with E-state index in [4.69, 9.17) is 5.41 Å². The van der Waals surface area contributed by atoms with Gasteiger partial charge in [0.15, 0.2) is 0 Å². The number of carboxylic acid groups (broad SMARTS) is 1. The number of nitrogens with one attached hydrogen (secondary N) is 1. The third kappa shape index (κ3) is 1.87. The lowest BCUT2D eigenvalue weighted by Gasteiger charge is -1.99. The molecule has 0 unspecified atom stereocenters. The molecule has 0 radical (unpaired) electrons. The Morgan fingerprint density at radius 3 is 2.91 bits per heavy atom. The van der Waals surface area contributed by atoms with Gasteiger partial charge in [-0.3, -0.25) is 5.41 Å². The van der Waals surface area contributed by atoms with Crippen LogP contribution in [0.5, 0.6) is 0 Å². The van der Waals surface area contributed by atoms with Crippen LogP contribution < -0.4 is 9.91 Å². The van der Waals surface area contributed by atoms with Gasteiger partial charge in [-0.15, -0.1) is 0 Å². The second-order valence-corrected chi connectivity index (χ2v) is 3.14. The van der Waals surface area contributed by atoms with Crippen LogP contribution in [0.15, 0.2) is 0 Å². The summed E-state index contributed by atoms with van der Waals surface area (Å²) >= 11 is 1.14. The molecule has 1 rings (SSSR count). The summed E-state index contributed by atoms with van der Waals surface area (Å²) in [6.07, 6.45) is 0. The van der Waals surface area contributed by atoms with Gasteiger partial charge in [0, 0.05) is 0 Å². The lowest BCUT2D eigenvalue weighted by molar-refractivity contribution is -0.306. The summed E-state index contributed by atoms with van der Waals surface area (Å²) in [5.41, 5.74) is 0. The van der Waals surface area contributed by atoms with Crippen molar-refractivity contribution < 1.29 is 9.90 Å². The van der Waals surface area contributed by atoms with Crippen molar-refractivity contribution in [2.45, 2.75) is 13.5 Å². The standard InChI is InChI=1S/C5H7N3O2S/c1-3-7-8(2-4(9)10)5(6)11-3/h6H,2H2,1H3,(H,9,10)/p-1. The normalized spacial score (nSPS) is 9.91. The fourth-order valence-electron chi connectivity index (χ4n) is 0.658. The highest BCUT2D eigenvalue weighted by Gasteiger charge is 1.97. The average molecular weight is 172 g/mol. The van der Waals surface area contributed by atoms with E-state index in [-0.39, 0.29) is 11.3 Å². The van der Waals surface area contributed by atoms with Crippen molar-refractivity contribution in [3.63, 3.8) is 0 Å². The molecule has 0 saturated carbocycles.